The van der Waals surface area contributed by atoms with E-state index in [0.29, 0.717) is 25.1 Å². The summed E-state index contributed by atoms with van der Waals surface area (Å²) in [4.78, 5) is 35.3. The zero-order valence-electron chi connectivity index (χ0n) is 21.8. The fourth-order valence-electron chi connectivity index (χ4n) is 4.27. The van der Waals surface area contributed by atoms with Crippen LogP contribution in [0.15, 0.2) is 53.5 Å². The first-order valence-electron chi connectivity index (χ1n) is 12.3. The van der Waals surface area contributed by atoms with Gasteiger partial charge in [0.25, 0.3) is 5.91 Å². The Hall–Kier alpha value is -2.95. The number of hydrogen-bond acceptors (Lipinski definition) is 3. The standard InChI is InChI=1S/C29H39N3O2/c1-8-21(4)27-30-29(6,20(2)3)17-26(33)32(27)19-24-15-14-22(5)25(16-24)28(34)31(7)18-23-12-10-9-11-13-23/h9-16,20-21H,8,17-19H2,1-7H3. The van der Waals surface area contributed by atoms with Crippen LogP contribution in [0, 0.1) is 18.8 Å². The number of amidine groups is 1. The van der Waals surface area contributed by atoms with Crippen LogP contribution < -0.4 is 0 Å². The highest BCUT2D eigenvalue weighted by molar-refractivity contribution is 6.02. The van der Waals surface area contributed by atoms with Gasteiger partial charge in [0.15, 0.2) is 0 Å². The highest BCUT2D eigenvalue weighted by atomic mass is 16.2. The van der Waals surface area contributed by atoms with E-state index in [1.165, 1.54) is 0 Å². The summed E-state index contributed by atoms with van der Waals surface area (Å²) < 4.78 is 0. The van der Waals surface area contributed by atoms with Crippen molar-refractivity contribution < 1.29 is 9.59 Å². The maximum absolute atomic E-state index is 13.3. The van der Waals surface area contributed by atoms with Crippen molar-refractivity contribution in [1.29, 1.82) is 0 Å². The topological polar surface area (TPSA) is 53.0 Å². The molecule has 0 saturated carbocycles. The Kier molecular flexibility index (Phi) is 7.96. The molecule has 34 heavy (non-hydrogen) atoms. The smallest absolute Gasteiger partial charge is 0.254 e. The van der Waals surface area contributed by atoms with Crippen molar-refractivity contribution in [2.75, 3.05) is 7.05 Å². The lowest BCUT2D eigenvalue weighted by molar-refractivity contribution is -0.130. The number of aliphatic imine (C=N–C) groups is 1. The van der Waals surface area contributed by atoms with Crippen LogP contribution in [-0.2, 0) is 17.9 Å². The van der Waals surface area contributed by atoms with E-state index in [9.17, 15) is 9.59 Å². The molecule has 0 aliphatic carbocycles. The molecule has 5 nitrogen and oxygen atoms in total. The van der Waals surface area contributed by atoms with E-state index in [1.54, 1.807) is 4.90 Å². The molecule has 0 saturated heterocycles. The van der Waals surface area contributed by atoms with Crippen LogP contribution in [0.25, 0.3) is 0 Å². The van der Waals surface area contributed by atoms with Crippen LogP contribution in [0.3, 0.4) is 0 Å². The number of hydrogen-bond donors (Lipinski definition) is 0. The van der Waals surface area contributed by atoms with E-state index < -0.39 is 0 Å². The molecule has 2 aromatic rings. The Labute approximate surface area is 204 Å². The minimum Gasteiger partial charge on any atom is -0.337 e. The van der Waals surface area contributed by atoms with Crippen molar-refractivity contribution in [3.8, 4) is 0 Å². The largest absolute Gasteiger partial charge is 0.337 e. The van der Waals surface area contributed by atoms with Crippen LogP contribution in [0.5, 0.6) is 0 Å². The van der Waals surface area contributed by atoms with Crippen molar-refractivity contribution in [2.24, 2.45) is 16.8 Å². The van der Waals surface area contributed by atoms with Gasteiger partial charge in [-0.3, -0.25) is 19.5 Å². The summed E-state index contributed by atoms with van der Waals surface area (Å²) in [6.45, 7) is 13.5. The average Bonchev–Trinajstić information content (AvgIpc) is 2.81. The van der Waals surface area contributed by atoms with Gasteiger partial charge in [-0.2, -0.15) is 0 Å². The van der Waals surface area contributed by atoms with Gasteiger partial charge in [-0.05, 0) is 48.9 Å². The molecule has 1 aliphatic rings. The summed E-state index contributed by atoms with van der Waals surface area (Å²) in [5.41, 5.74) is 3.27. The zero-order chi connectivity index (χ0) is 25.0. The van der Waals surface area contributed by atoms with Gasteiger partial charge in [0.1, 0.15) is 5.84 Å². The lowest BCUT2D eigenvalue weighted by Gasteiger charge is -2.40. The van der Waals surface area contributed by atoms with E-state index in [2.05, 4.69) is 34.6 Å². The minimum atomic E-state index is -0.374. The van der Waals surface area contributed by atoms with Gasteiger partial charge in [0.05, 0.1) is 18.5 Å². The molecule has 2 unspecified atom stereocenters. The van der Waals surface area contributed by atoms with E-state index in [-0.39, 0.29) is 29.2 Å². The van der Waals surface area contributed by atoms with Gasteiger partial charge in [-0.1, -0.05) is 70.2 Å². The third-order valence-electron chi connectivity index (χ3n) is 7.24. The molecule has 5 heteroatoms. The van der Waals surface area contributed by atoms with Gasteiger partial charge in [0, 0.05) is 25.1 Å². The SMILES string of the molecule is CCC(C)C1=NC(C)(C(C)C)CC(=O)N1Cc1ccc(C)c(C(=O)N(C)Cc2ccccc2)c1. The quantitative estimate of drug-likeness (QED) is 0.494. The predicted octanol–water partition coefficient (Wildman–Crippen LogP) is 5.86. The van der Waals surface area contributed by atoms with Crippen LogP contribution in [0.4, 0.5) is 0 Å². The second kappa shape index (κ2) is 10.5. The fraction of sp³-hybridized carbons (Fsp3) is 0.483. The number of nitrogens with zero attached hydrogens (tertiary/aromatic N) is 3. The first-order chi connectivity index (χ1) is 16.1. The molecular weight excluding hydrogens is 422 g/mol. The molecule has 1 aliphatic heterocycles. The molecular formula is C29H39N3O2. The highest BCUT2D eigenvalue weighted by Gasteiger charge is 2.40. The fourth-order valence-corrected chi connectivity index (χ4v) is 4.27. The first-order valence-corrected chi connectivity index (χ1v) is 12.3. The van der Waals surface area contributed by atoms with Crippen LogP contribution in [0.2, 0.25) is 0 Å². The predicted molar refractivity (Wildman–Crippen MR) is 139 cm³/mol. The minimum absolute atomic E-state index is 0.0172. The third-order valence-corrected chi connectivity index (χ3v) is 7.24. The van der Waals surface area contributed by atoms with Crippen molar-refractivity contribution in [1.82, 2.24) is 9.80 Å². The van der Waals surface area contributed by atoms with Crippen molar-refractivity contribution in [3.63, 3.8) is 0 Å². The molecule has 182 valence electrons. The van der Waals surface area contributed by atoms with Crippen molar-refractivity contribution in [2.45, 2.75) is 73.0 Å². The summed E-state index contributed by atoms with van der Waals surface area (Å²) in [6.07, 6.45) is 1.32. The molecule has 0 bridgehead atoms. The van der Waals surface area contributed by atoms with Gasteiger partial charge >= 0.3 is 0 Å². The maximum atomic E-state index is 13.3. The Morgan fingerprint density at radius 2 is 1.79 bits per heavy atom. The first kappa shape index (κ1) is 25.7. The van der Waals surface area contributed by atoms with E-state index >= 15 is 0 Å². The van der Waals surface area contributed by atoms with Crippen LogP contribution in [0.1, 0.15) is 74.5 Å². The highest BCUT2D eigenvalue weighted by Crippen LogP contribution is 2.33. The molecule has 2 amide bonds. The van der Waals surface area contributed by atoms with E-state index in [0.717, 1.165) is 28.9 Å². The van der Waals surface area contributed by atoms with Gasteiger partial charge in [-0.15, -0.1) is 0 Å². The van der Waals surface area contributed by atoms with Gasteiger partial charge in [-0.25, -0.2) is 0 Å². The number of carbonyl (C=O) groups excluding carboxylic acids is 2. The molecule has 0 spiro atoms. The van der Waals surface area contributed by atoms with Gasteiger partial charge < -0.3 is 4.90 Å². The number of benzene rings is 2. The Morgan fingerprint density at radius 1 is 1.12 bits per heavy atom. The maximum Gasteiger partial charge on any atom is 0.254 e. The second-order valence-electron chi connectivity index (χ2n) is 10.2. The second-order valence-corrected chi connectivity index (χ2v) is 10.2. The molecule has 1 heterocycles. The molecule has 0 N–H and O–H groups in total. The normalized spacial score (nSPS) is 19.2. The number of carbonyl (C=O) groups is 2. The van der Waals surface area contributed by atoms with Crippen LogP contribution >= 0.6 is 0 Å². The molecule has 0 aromatic heterocycles. The van der Waals surface area contributed by atoms with E-state index in [1.807, 2.05) is 67.4 Å². The number of aryl methyl sites for hydroxylation is 1. The van der Waals surface area contributed by atoms with Crippen LogP contribution in [-0.4, -0.2) is 40.0 Å². The summed E-state index contributed by atoms with van der Waals surface area (Å²) in [6, 6.07) is 15.9. The molecule has 2 aromatic carbocycles. The Bertz CT molecular complexity index is 1060. The third kappa shape index (κ3) is 5.57. The number of rotatable bonds is 8. The van der Waals surface area contributed by atoms with Crippen molar-refractivity contribution >= 4 is 17.6 Å². The van der Waals surface area contributed by atoms with Gasteiger partial charge in [0.2, 0.25) is 5.91 Å². The molecule has 0 radical (unpaired) electrons. The summed E-state index contributed by atoms with van der Waals surface area (Å²) in [5.74, 6) is 1.42. The van der Waals surface area contributed by atoms with Crippen molar-refractivity contribution in [3.05, 3.63) is 70.8 Å². The molecule has 2 atom stereocenters. The average molecular weight is 462 g/mol. The summed E-state index contributed by atoms with van der Waals surface area (Å²) in [5, 5.41) is 0. The summed E-state index contributed by atoms with van der Waals surface area (Å²) >= 11 is 0. The number of amides is 2. The zero-order valence-corrected chi connectivity index (χ0v) is 21.8. The lowest BCUT2D eigenvalue weighted by Crippen LogP contribution is -2.50. The molecule has 0 fully saturated rings. The summed E-state index contributed by atoms with van der Waals surface area (Å²) in [7, 11) is 1.83. The molecule has 3 rings (SSSR count). The lowest BCUT2D eigenvalue weighted by atomic mass is 9.83. The monoisotopic (exact) mass is 461 g/mol. The Balaban J connectivity index is 1.87. The van der Waals surface area contributed by atoms with E-state index in [4.69, 9.17) is 4.99 Å². The Morgan fingerprint density at radius 3 is 2.41 bits per heavy atom.